The maximum Gasteiger partial charge on any atom is 0.191 e. The SMILES string of the molecule is CN=C(NCCc1ccc(-c2csc(C)n2)s1)NC(C)Cc1c(C)nn(C)c1C.I. The summed E-state index contributed by atoms with van der Waals surface area (Å²) in [7, 11) is 3.81. The highest BCUT2D eigenvalue weighted by Crippen LogP contribution is 2.29. The molecule has 0 aliphatic carbocycles. The molecule has 0 aliphatic heterocycles. The van der Waals surface area contributed by atoms with Gasteiger partial charge in [0, 0.05) is 42.6 Å². The quantitative estimate of drug-likeness (QED) is 0.255. The van der Waals surface area contributed by atoms with Gasteiger partial charge >= 0.3 is 0 Å². The third-order valence-corrected chi connectivity index (χ3v) is 6.91. The number of guanidine groups is 1. The van der Waals surface area contributed by atoms with Gasteiger partial charge in [0.05, 0.1) is 21.3 Å². The number of aromatic nitrogens is 3. The highest BCUT2D eigenvalue weighted by molar-refractivity contribution is 14.0. The monoisotopic (exact) mass is 558 g/mol. The van der Waals surface area contributed by atoms with Crippen LogP contribution in [0.15, 0.2) is 22.5 Å². The number of halogens is 1. The van der Waals surface area contributed by atoms with E-state index in [9.17, 15) is 0 Å². The Labute approximate surface area is 204 Å². The predicted octanol–water partition coefficient (Wildman–Crippen LogP) is 4.49. The van der Waals surface area contributed by atoms with Gasteiger partial charge in [-0.2, -0.15) is 5.10 Å². The lowest BCUT2D eigenvalue weighted by atomic mass is 10.1. The first kappa shape index (κ1) is 24.8. The molecule has 3 aromatic rings. The summed E-state index contributed by atoms with van der Waals surface area (Å²) in [4.78, 5) is 11.5. The van der Waals surface area contributed by atoms with Crippen molar-refractivity contribution in [2.24, 2.45) is 12.0 Å². The maximum atomic E-state index is 4.58. The normalized spacial score (nSPS) is 12.5. The molecule has 0 aliphatic rings. The van der Waals surface area contributed by atoms with Gasteiger partial charge in [-0.05, 0) is 58.2 Å². The lowest BCUT2D eigenvalue weighted by Crippen LogP contribution is -2.43. The van der Waals surface area contributed by atoms with Crippen molar-refractivity contribution in [1.82, 2.24) is 25.4 Å². The summed E-state index contributed by atoms with van der Waals surface area (Å²) >= 11 is 3.51. The van der Waals surface area contributed by atoms with Gasteiger partial charge in [0.1, 0.15) is 0 Å². The van der Waals surface area contributed by atoms with E-state index in [4.69, 9.17) is 0 Å². The number of hydrogen-bond donors (Lipinski definition) is 2. The van der Waals surface area contributed by atoms with Crippen LogP contribution in [0.25, 0.3) is 10.6 Å². The lowest BCUT2D eigenvalue weighted by Gasteiger charge is -2.18. The van der Waals surface area contributed by atoms with E-state index in [2.05, 4.69) is 64.0 Å². The summed E-state index contributed by atoms with van der Waals surface area (Å²) in [5.41, 5.74) is 4.73. The molecule has 1 atom stereocenters. The molecule has 0 bridgehead atoms. The number of nitrogens with zero attached hydrogens (tertiary/aromatic N) is 4. The first-order valence-corrected chi connectivity index (χ1v) is 11.5. The average Bonchev–Trinajstić information content (AvgIpc) is 3.38. The van der Waals surface area contributed by atoms with E-state index >= 15 is 0 Å². The molecule has 2 N–H and O–H groups in total. The van der Waals surface area contributed by atoms with E-state index in [1.54, 1.807) is 11.3 Å². The highest BCUT2D eigenvalue weighted by atomic mass is 127. The minimum atomic E-state index is 0. The van der Waals surface area contributed by atoms with Crippen LogP contribution in [0.4, 0.5) is 0 Å². The molecule has 3 rings (SSSR count). The molecule has 0 radical (unpaired) electrons. The highest BCUT2D eigenvalue weighted by Gasteiger charge is 2.14. The molecule has 0 amide bonds. The number of nitrogens with one attached hydrogen (secondary N) is 2. The van der Waals surface area contributed by atoms with Crippen LogP contribution in [-0.2, 0) is 19.9 Å². The molecule has 6 nitrogen and oxygen atoms in total. The second kappa shape index (κ2) is 11.2. The van der Waals surface area contributed by atoms with E-state index < -0.39 is 0 Å². The second-order valence-corrected chi connectivity index (χ2v) is 9.52. The Kier molecular flexibility index (Phi) is 9.30. The van der Waals surface area contributed by atoms with Crippen LogP contribution >= 0.6 is 46.7 Å². The lowest BCUT2D eigenvalue weighted by molar-refractivity contribution is 0.635. The number of hydrogen-bond acceptors (Lipinski definition) is 5. The minimum absolute atomic E-state index is 0. The van der Waals surface area contributed by atoms with Crippen molar-refractivity contribution in [3.8, 4) is 10.6 Å². The molecule has 1 unspecified atom stereocenters. The third-order valence-electron chi connectivity index (χ3n) is 4.97. The van der Waals surface area contributed by atoms with Crippen LogP contribution in [0.3, 0.4) is 0 Å². The zero-order valence-electron chi connectivity index (χ0n) is 18.4. The van der Waals surface area contributed by atoms with Crippen molar-refractivity contribution in [2.75, 3.05) is 13.6 Å². The molecule has 0 saturated carbocycles. The van der Waals surface area contributed by atoms with Crippen molar-refractivity contribution in [3.05, 3.63) is 44.3 Å². The van der Waals surface area contributed by atoms with Crippen molar-refractivity contribution >= 4 is 52.6 Å². The zero-order chi connectivity index (χ0) is 21.0. The number of rotatable bonds is 7. The van der Waals surface area contributed by atoms with Crippen LogP contribution in [-0.4, -0.2) is 40.4 Å². The van der Waals surface area contributed by atoms with Crippen LogP contribution < -0.4 is 10.6 Å². The van der Waals surface area contributed by atoms with Crippen molar-refractivity contribution in [1.29, 1.82) is 0 Å². The molecule has 3 heterocycles. The van der Waals surface area contributed by atoms with Crippen LogP contribution in [0.2, 0.25) is 0 Å². The van der Waals surface area contributed by atoms with Crippen molar-refractivity contribution in [3.63, 3.8) is 0 Å². The van der Waals surface area contributed by atoms with E-state index in [-0.39, 0.29) is 30.0 Å². The Morgan fingerprint density at radius 3 is 2.63 bits per heavy atom. The molecular formula is C21H31IN6S2. The largest absolute Gasteiger partial charge is 0.356 e. The predicted molar refractivity (Wildman–Crippen MR) is 140 cm³/mol. The van der Waals surface area contributed by atoms with E-state index in [1.165, 1.54) is 21.0 Å². The fraction of sp³-hybridized carbons (Fsp3) is 0.476. The molecule has 164 valence electrons. The fourth-order valence-corrected chi connectivity index (χ4v) is 4.98. The summed E-state index contributed by atoms with van der Waals surface area (Å²) in [6, 6.07) is 4.63. The third kappa shape index (κ3) is 6.27. The van der Waals surface area contributed by atoms with Crippen LogP contribution in [0.1, 0.15) is 33.8 Å². The van der Waals surface area contributed by atoms with Crippen LogP contribution in [0.5, 0.6) is 0 Å². The summed E-state index contributed by atoms with van der Waals surface area (Å²) in [6.45, 7) is 9.26. The molecule has 0 saturated heterocycles. The fourth-order valence-electron chi connectivity index (χ4n) is 3.33. The van der Waals surface area contributed by atoms with Gasteiger partial charge in [-0.25, -0.2) is 4.98 Å². The Balaban J connectivity index is 0.00000320. The van der Waals surface area contributed by atoms with Crippen molar-refractivity contribution in [2.45, 2.75) is 46.6 Å². The standard InChI is InChI=1S/C21H30N6S2.HI/c1-13(11-18-14(2)26-27(6)15(18)3)24-21(22-5)23-10-9-17-7-8-20(29-17)19-12-28-16(4)25-19;/h7-8,12-13H,9-11H2,1-6H3,(H2,22,23,24);1H. The van der Waals surface area contributed by atoms with Crippen molar-refractivity contribution < 1.29 is 0 Å². The maximum absolute atomic E-state index is 4.58. The molecule has 9 heteroatoms. The summed E-state index contributed by atoms with van der Waals surface area (Å²) in [5, 5.41) is 14.7. The molecule has 0 fully saturated rings. The summed E-state index contributed by atoms with van der Waals surface area (Å²) in [5.74, 6) is 0.837. The van der Waals surface area contributed by atoms with Gasteiger partial charge < -0.3 is 10.6 Å². The minimum Gasteiger partial charge on any atom is -0.356 e. The van der Waals surface area contributed by atoms with Gasteiger partial charge in [0.2, 0.25) is 0 Å². The zero-order valence-corrected chi connectivity index (χ0v) is 22.4. The topological polar surface area (TPSA) is 67.1 Å². The number of thiophene rings is 1. The Morgan fingerprint density at radius 2 is 2.03 bits per heavy atom. The Morgan fingerprint density at radius 1 is 1.27 bits per heavy atom. The number of aryl methyl sites for hydroxylation is 3. The second-order valence-electron chi connectivity index (χ2n) is 7.29. The Bertz CT molecular complexity index is 988. The van der Waals surface area contributed by atoms with Gasteiger partial charge in [-0.1, -0.05) is 0 Å². The smallest absolute Gasteiger partial charge is 0.191 e. The molecule has 30 heavy (non-hydrogen) atoms. The number of aliphatic imine (C=N–C) groups is 1. The average molecular weight is 559 g/mol. The first-order valence-electron chi connectivity index (χ1n) is 9.84. The molecule has 0 spiro atoms. The summed E-state index contributed by atoms with van der Waals surface area (Å²) in [6.07, 6.45) is 1.89. The van der Waals surface area contributed by atoms with Gasteiger partial charge in [0.15, 0.2) is 5.96 Å². The van der Waals surface area contributed by atoms with Gasteiger partial charge in [-0.3, -0.25) is 9.67 Å². The molecular weight excluding hydrogens is 527 g/mol. The molecule has 0 aromatic carbocycles. The van der Waals surface area contributed by atoms with Gasteiger partial charge in [0.25, 0.3) is 0 Å². The van der Waals surface area contributed by atoms with E-state index in [1.807, 2.05) is 37.0 Å². The van der Waals surface area contributed by atoms with E-state index in [0.29, 0.717) is 0 Å². The molecule has 3 aromatic heterocycles. The van der Waals surface area contributed by atoms with E-state index in [0.717, 1.165) is 41.7 Å². The Hall–Kier alpha value is -1.46. The summed E-state index contributed by atoms with van der Waals surface area (Å²) < 4.78 is 1.95. The number of thiazole rings is 1. The van der Waals surface area contributed by atoms with Gasteiger partial charge in [-0.15, -0.1) is 46.7 Å². The van der Waals surface area contributed by atoms with Crippen LogP contribution in [0, 0.1) is 20.8 Å². The first-order chi connectivity index (χ1) is 13.9.